The van der Waals surface area contributed by atoms with E-state index in [0.29, 0.717) is 28.3 Å². The lowest BCUT2D eigenvalue weighted by Crippen LogP contribution is -2.02. The molecule has 0 saturated heterocycles. The van der Waals surface area contributed by atoms with Crippen LogP contribution in [0.5, 0.6) is 5.75 Å². The maximum atomic E-state index is 12.3. The Kier molecular flexibility index (Phi) is 3.94. The third-order valence-corrected chi connectivity index (χ3v) is 4.70. The normalized spacial score (nSPS) is 11.1. The minimum absolute atomic E-state index is 0.338. The summed E-state index contributed by atoms with van der Waals surface area (Å²) in [5.74, 6) is 0.672. The van der Waals surface area contributed by atoms with E-state index in [9.17, 15) is 4.79 Å². The van der Waals surface area contributed by atoms with Crippen LogP contribution < -0.4 is 10.4 Å². The Labute approximate surface area is 149 Å². The number of ether oxygens (including phenoxy) is 1. The number of hydrogen-bond donors (Lipinski definition) is 0. The largest absolute Gasteiger partial charge is 0.488 e. The highest BCUT2D eigenvalue weighted by molar-refractivity contribution is 6.31. The summed E-state index contributed by atoms with van der Waals surface area (Å²) in [4.78, 5) is 12.3. The molecule has 1 aromatic heterocycles. The molecule has 4 rings (SSSR count). The van der Waals surface area contributed by atoms with Crippen molar-refractivity contribution in [3.05, 3.63) is 87.2 Å². The Hall–Kier alpha value is -2.78. The average molecular weight is 351 g/mol. The van der Waals surface area contributed by atoms with Crippen LogP contribution in [0.2, 0.25) is 5.02 Å². The molecule has 0 unspecified atom stereocenters. The molecule has 0 aliphatic heterocycles. The molecule has 0 amide bonds. The van der Waals surface area contributed by atoms with E-state index >= 15 is 0 Å². The predicted molar refractivity (Wildman–Crippen MR) is 101 cm³/mol. The second-order valence-electron chi connectivity index (χ2n) is 5.88. The van der Waals surface area contributed by atoms with Gasteiger partial charge >= 0.3 is 5.63 Å². The van der Waals surface area contributed by atoms with Gasteiger partial charge < -0.3 is 9.15 Å². The van der Waals surface area contributed by atoms with Gasteiger partial charge in [-0.2, -0.15) is 0 Å². The lowest BCUT2D eigenvalue weighted by atomic mass is 10.0. The van der Waals surface area contributed by atoms with Crippen LogP contribution in [-0.2, 0) is 6.61 Å². The molecule has 0 saturated carbocycles. The fourth-order valence-electron chi connectivity index (χ4n) is 2.99. The van der Waals surface area contributed by atoms with Gasteiger partial charge in [-0.05, 0) is 36.6 Å². The Balaban J connectivity index is 1.79. The van der Waals surface area contributed by atoms with Gasteiger partial charge in [0.25, 0.3) is 0 Å². The highest BCUT2D eigenvalue weighted by Gasteiger charge is 2.12. The van der Waals surface area contributed by atoms with Crippen LogP contribution >= 0.6 is 11.6 Å². The van der Waals surface area contributed by atoms with Crippen molar-refractivity contribution in [1.82, 2.24) is 0 Å². The van der Waals surface area contributed by atoms with Gasteiger partial charge in [0.15, 0.2) is 0 Å². The molecule has 3 nitrogen and oxygen atoms in total. The van der Waals surface area contributed by atoms with Crippen molar-refractivity contribution in [1.29, 1.82) is 0 Å². The monoisotopic (exact) mass is 350 g/mol. The molecule has 4 aromatic rings. The van der Waals surface area contributed by atoms with Gasteiger partial charge in [-0.15, -0.1) is 0 Å². The van der Waals surface area contributed by atoms with Crippen molar-refractivity contribution in [2.75, 3.05) is 0 Å². The van der Waals surface area contributed by atoms with Crippen molar-refractivity contribution in [2.45, 2.75) is 13.5 Å². The Morgan fingerprint density at radius 2 is 1.64 bits per heavy atom. The number of hydrogen-bond acceptors (Lipinski definition) is 3. The van der Waals surface area contributed by atoms with Gasteiger partial charge in [0.1, 0.15) is 17.9 Å². The lowest BCUT2D eigenvalue weighted by molar-refractivity contribution is 0.304. The first-order valence-electron chi connectivity index (χ1n) is 7.96. The molecule has 0 atom stereocenters. The van der Waals surface area contributed by atoms with Crippen LogP contribution in [0.4, 0.5) is 0 Å². The lowest BCUT2D eigenvalue weighted by Gasteiger charge is -2.12. The van der Waals surface area contributed by atoms with Gasteiger partial charge in [-0.3, -0.25) is 0 Å². The number of rotatable bonds is 3. The van der Waals surface area contributed by atoms with E-state index in [4.69, 9.17) is 20.8 Å². The molecule has 124 valence electrons. The highest BCUT2D eigenvalue weighted by Crippen LogP contribution is 2.31. The minimum Gasteiger partial charge on any atom is -0.488 e. The van der Waals surface area contributed by atoms with Crippen LogP contribution in [0.15, 0.2) is 69.9 Å². The fraction of sp³-hybridized carbons (Fsp3) is 0.0952. The van der Waals surface area contributed by atoms with Gasteiger partial charge in [0.2, 0.25) is 0 Å². The zero-order valence-corrected chi connectivity index (χ0v) is 14.3. The molecule has 1 heterocycles. The third-order valence-electron chi connectivity index (χ3n) is 4.33. The first-order chi connectivity index (χ1) is 12.1. The van der Waals surface area contributed by atoms with Crippen molar-refractivity contribution in [3.63, 3.8) is 0 Å². The van der Waals surface area contributed by atoms with Crippen LogP contribution in [0.25, 0.3) is 21.7 Å². The van der Waals surface area contributed by atoms with Crippen LogP contribution in [0.1, 0.15) is 11.1 Å². The van der Waals surface area contributed by atoms with E-state index in [-0.39, 0.29) is 5.63 Å². The first-order valence-corrected chi connectivity index (χ1v) is 8.34. The summed E-state index contributed by atoms with van der Waals surface area (Å²) >= 11 is 6.17. The molecule has 0 aliphatic rings. The van der Waals surface area contributed by atoms with E-state index in [1.165, 1.54) is 0 Å². The second kappa shape index (κ2) is 6.26. The molecular formula is C21H15ClO3. The smallest absolute Gasteiger partial charge is 0.344 e. The molecule has 0 bridgehead atoms. The number of benzene rings is 3. The Morgan fingerprint density at radius 3 is 2.44 bits per heavy atom. The molecular weight excluding hydrogens is 336 g/mol. The summed E-state index contributed by atoms with van der Waals surface area (Å²) in [6.07, 6.45) is 0. The van der Waals surface area contributed by atoms with Crippen molar-refractivity contribution in [2.24, 2.45) is 0 Å². The van der Waals surface area contributed by atoms with Crippen molar-refractivity contribution in [3.8, 4) is 5.75 Å². The molecule has 0 fully saturated rings. The number of aryl methyl sites for hydroxylation is 1. The molecule has 4 heteroatoms. The van der Waals surface area contributed by atoms with Gasteiger partial charge in [-0.25, -0.2) is 4.79 Å². The van der Waals surface area contributed by atoms with E-state index < -0.39 is 0 Å². The van der Waals surface area contributed by atoms with E-state index in [1.807, 2.05) is 61.5 Å². The summed E-state index contributed by atoms with van der Waals surface area (Å²) < 4.78 is 11.5. The second-order valence-corrected chi connectivity index (χ2v) is 6.29. The first kappa shape index (κ1) is 15.7. The molecule has 25 heavy (non-hydrogen) atoms. The summed E-state index contributed by atoms with van der Waals surface area (Å²) in [5, 5.41) is 3.03. The van der Waals surface area contributed by atoms with Gasteiger partial charge in [-0.1, -0.05) is 48.0 Å². The standard InChI is InChI=1S/C21H15ClO3/c1-13-19(24-12-14-6-2-5-9-18(14)22)11-10-16-15-7-3-4-8-17(15)21(23)25-20(13)16/h2-11H,12H2,1H3. The van der Waals surface area contributed by atoms with E-state index in [2.05, 4.69) is 0 Å². The van der Waals surface area contributed by atoms with E-state index in [1.54, 1.807) is 6.07 Å². The minimum atomic E-state index is -0.338. The highest BCUT2D eigenvalue weighted by atomic mass is 35.5. The van der Waals surface area contributed by atoms with Crippen LogP contribution in [0.3, 0.4) is 0 Å². The van der Waals surface area contributed by atoms with Crippen molar-refractivity contribution >= 4 is 33.3 Å². The van der Waals surface area contributed by atoms with Crippen LogP contribution in [0, 0.1) is 6.92 Å². The molecule has 0 aliphatic carbocycles. The quantitative estimate of drug-likeness (QED) is 0.362. The van der Waals surface area contributed by atoms with Gasteiger partial charge in [0.05, 0.1) is 5.39 Å². The molecule has 3 aromatic carbocycles. The zero-order chi connectivity index (χ0) is 17.4. The van der Waals surface area contributed by atoms with Gasteiger partial charge in [0, 0.05) is 21.5 Å². The molecule has 0 spiro atoms. The Bertz CT molecular complexity index is 1140. The predicted octanol–water partition coefficient (Wildman–Crippen LogP) is 5.49. The topological polar surface area (TPSA) is 39.4 Å². The SMILES string of the molecule is Cc1c(OCc2ccccc2Cl)ccc2c1oc(=O)c1ccccc12. The van der Waals surface area contributed by atoms with Crippen LogP contribution in [-0.4, -0.2) is 0 Å². The summed E-state index contributed by atoms with van der Waals surface area (Å²) in [7, 11) is 0. The van der Waals surface area contributed by atoms with Crippen molar-refractivity contribution < 1.29 is 9.15 Å². The summed E-state index contributed by atoms with van der Waals surface area (Å²) in [5.41, 5.74) is 1.92. The zero-order valence-electron chi connectivity index (χ0n) is 13.6. The fourth-order valence-corrected chi connectivity index (χ4v) is 3.18. The molecule has 0 radical (unpaired) electrons. The summed E-state index contributed by atoms with van der Waals surface area (Å²) in [6.45, 7) is 2.24. The number of halogens is 1. The Morgan fingerprint density at radius 1 is 0.920 bits per heavy atom. The maximum absolute atomic E-state index is 12.3. The summed E-state index contributed by atoms with van der Waals surface area (Å²) in [6, 6.07) is 18.8. The number of fused-ring (bicyclic) bond motifs is 3. The van der Waals surface area contributed by atoms with E-state index in [0.717, 1.165) is 21.9 Å². The average Bonchev–Trinajstić information content (AvgIpc) is 2.63. The maximum Gasteiger partial charge on any atom is 0.344 e. The molecule has 0 N–H and O–H groups in total. The third kappa shape index (κ3) is 2.77.